The fourth-order valence-electron chi connectivity index (χ4n) is 1.70. The van der Waals surface area contributed by atoms with Gasteiger partial charge in [0.05, 0.1) is 6.10 Å². The van der Waals surface area contributed by atoms with Crippen molar-refractivity contribution in [2.45, 2.75) is 31.8 Å². The van der Waals surface area contributed by atoms with Gasteiger partial charge in [-0.3, -0.25) is 4.79 Å². The summed E-state index contributed by atoms with van der Waals surface area (Å²) in [5.74, 6) is 1.78. The topological polar surface area (TPSA) is 49.3 Å². The Kier molecular flexibility index (Phi) is 3.78. The molecule has 72 valence electrons. The number of rotatable bonds is 2. The molecule has 1 rings (SSSR count). The van der Waals surface area contributed by atoms with Crippen molar-refractivity contribution in [3.63, 3.8) is 0 Å². The van der Waals surface area contributed by atoms with Gasteiger partial charge < -0.3 is 10.4 Å². The van der Waals surface area contributed by atoms with E-state index in [0.29, 0.717) is 6.54 Å². The highest BCUT2D eigenvalue weighted by molar-refractivity contribution is 5.92. The lowest BCUT2D eigenvalue weighted by Gasteiger charge is -2.27. The summed E-state index contributed by atoms with van der Waals surface area (Å²) in [4.78, 5) is 10.7. The molecule has 0 aromatic heterocycles. The van der Waals surface area contributed by atoms with E-state index in [1.165, 1.54) is 0 Å². The highest BCUT2D eigenvalue weighted by Gasteiger charge is 2.22. The van der Waals surface area contributed by atoms with Crippen molar-refractivity contribution in [1.82, 2.24) is 5.32 Å². The number of carbonyl (C=O) groups excluding carboxylic acids is 1. The summed E-state index contributed by atoms with van der Waals surface area (Å²) in [6.45, 7) is 0.504. The molecule has 0 heterocycles. The van der Waals surface area contributed by atoms with Gasteiger partial charge in [-0.2, -0.15) is 0 Å². The largest absolute Gasteiger partial charge is 0.393 e. The van der Waals surface area contributed by atoms with E-state index in [-0.39, 0.29) is 12.0 Å². The molecular weight excluding hydrogens is 166 g/mol. The van der Waals surface area contributed by atoms with Crippen LogP contribution < -0.4 is 5.32 Å². The zero-order valence-electron chi connectivity index (χ0n) is 7.62. The fraction of sp³-hybridized carbons (Fsp3) is 0.700. The second-order valence-corrected chi connectivity index (χ2v) is 3.47. The summed E-state index contributed by atoms with van der Waals surface area (Å²) >= 11 is 0. The summed E-state index contributed by atoms with van der Waals surface area (Å²) in [7, 11) is 0. The summed E-state index contributed by atoms with van der Waals surface area (Å²) in [5, 5.41) is 12.1. The first-order valence-corrected chi connectivity index (χ1v) is 4.66. The lowest BCUT2D eigenvalue weighted by molar-refractivity contribution is -0.116. The van der Waals surface area contributed by atoms with Gasteiger partial charge in [0.2, 0.25) is 0 Å². The molecule has 3 heteroatoms. The van der Waals surface area contributed by atoms with Gasteiger partial charge >= 0.3 is 0 Å². The van der Waals surface area contributed by atoms with Crippen LogP contribution in [-0.4, -0.2) is 23.7 Å². The van der Waals surface area contributed by atoms with Gasteiger partial charge in [-0.15, -0.1) is 6.42 Å². The van der Waals surface area contributed by atoms with Crippen LogP contribution in [0.5, 0.6) is 0 Å². The molecule has 1 saturated carbocycles. The van der Waals surface area contributed by atoms with E-state index in [0.717, 1.165) is 25.7 Å². The van der Waals surface area contributed by atoms with Gasteiger partial charge in [0.1, 0.15) is 0 Å². The molecule has 1 aliphatic rings. The molecule has 1 fully saturated rings. The number of aliphatic hydroxyl groups is 1. The first-order chi connectivity index (χ1) is 6.24. The first kappa shape index (κ1) is 10.1. The van der Waals surface area contributed by atoms with Crippen LogP contribution in [-0.2, 0) is 4.79 Å². The quantitative estimate of drug-likeness (QED) is 0.601. The van der Waals surface area contributed by atoms with E-state index < -0.39 is 5.91 Å². The molecule has 2 atom stereocenters. The lowest BCUT2D eigenvalue weighted by Crippen LogP contribution is -2.36. The number of aliphatic hydroxyl groups excluding tert-OH is 1. The number of hydrogen-bond acceptors (Lipinski definition) is 2. The van der Waals surface area contributed by atoms with Crippen molar-refractivity contribution in [3.05, 3.63) is 0 Å². The molecule has 0 aliphatic heterocycles. The molecule has 1 amide bonds. The van der Waals surface area contributed by atoms with Crippen LogP contribution in [0.1, 0.15) is 25.7 Å². The minimum atomic E-state index is -0.391. The molecule has 0 aromatic rings. The number of nitrogens with one attached hydrogen (secondary N) is 1. The van der Waals surface area contributed by atoms with Crippen LogP contribution in [0, 0.1) is 18.3 Å². The minimum absolute atomic E-state index is 0.186. The van der Waals surface area contributed by atoms with Crippen LogP contribution in [0.4, 0.5) is 0 Å². The van der Waals surface area contributed by atoms with Crippen molar-refractivity contribution >= 4 is 5.91 Å². The van der Waals surface area contributed by atoms with Crippen molar-refractivity contribution in [2.24, 2.45) is 5.92 Å². The van der Waals surface area contributed by atoms with Crippen LogP contribution in [0.25, 0.3) is 0 Å². The maximum atomic E-state index is 10.7. The maximum absolute atomic E-state index is 10.7. The summed E-state index contributed by atoms with van der Waals surface area (Å²) in [5.41, 5.74) is 0. The Morgan fingerprint density at radius 2 is 2.23 bits per heavy atom. The number of terminal acetylenes is 1. The van der Waals surface area contributed by atoms with Crippen LogP contribution in [0.2, 0.25) is 0 Å². The molecule has 0 aromatic carbocycles. The van der Waals surface area contributed by atoms with E-state index in [1.807, 2.05) is 5.92 Å². The summed E-state index contributed by atoms with van der Waals surface area (Å²) < 4.78 is 0. The Morgan fingerprint density at radius 1 is 1.54 bits per heavy atom. The second-order valence-electron chi connectivity index (χ2n) is 3.47. The van der Waals surface area contributed by atoms with E-state index in [9.17, 15) is 9.90 Å². The van der Waals surface area contributed by atoms with Crippen molar-refractivity contribution < 1.29 is 9.90 Å². The number of carbonyl (C=O) groups is 1. The Bertz CT molecular complexity index is 219. The first-order valence-electron chi connectivity index (χ1n) is 4.66. The van der Waals surface area contributed by atoms with E-state index in [4.69, 9.17) is 6.42 Å². The average molecular weight is 181 g/mol. The SMILES string of the molecule is C#CC(=O)NCC1CCCCC1O. The summed E-state index contributed by atoms with van der Waals surface area (Å²) in [6, 6.07) is 0. The van der Waals surface area contributed by atoms with Crippen molar-refractivity contribution in [1.29, 1.82) is 0 Å². The third-order valence-electron chi connectivity index (χ3n) is 2.52. The zero-order valence-corrected chi connectivity index (χ0v) is 7.62. The number of amides is 1. The predicted octanol–water partition coefficient (Wildman–Crippen LogP) is 0.287. The molecule has 0 bridgehead atoms. The van der Waals surface area contributed by atoms with E-state index in [1.54, 1.807) is 0 Å². The highest BCUT2D eigenvalue weighted by atomic mass is 16.3. The molecule has 1 aliphatic carbocycles. The molecule has 13 heavy (non-hydrogen) atoms. The van der Waals surface area contributed by atoms with Crippen molar-refractivity contribution in [3.8, 4) is 12.3 Å². The van der Waals surface area contributed by atoms with Gasteiger partial charge in [0, 0.05) is 12.5 Å². The molecule has 2 unspecified atom stereocenters. The fourth-order valence-corrected chi connectivity index (χ4v) is 1.70. The normalized spacial score (nSPS) is 27.7. The van der Waals surface area contributed by atoms with Gasteiger partial charge in [-0.05, 0) is 18.8 Å². The minimum Gasteiger partial charge on any atom is -0.393 e. The predicted molar refractivity (Wildman–Crippen MR) is 49.8 cm³/mol. The molecule has 0 saturated heterocycles. The number of hydrogen-bond donors (Lipinski definition) is 2. The third-order valence-corrected chi connectivity index (χ3v) is 2.52. The zero-order chi connectivity index (χ0) is 9.68. The van der Waals surface area contributed by atoms with Crippen LogP contribution >= 0.6 is 0 Å². The summed E-state index contributed by atoms with van der Waals surface area (Å²) in [6.07, 6.45) is 8.67. The third kappa shape index (κ3) is 3.08. The molecule has 2 N–H and O–H groups in total. The smallest absolute Gasteiger partial charge is 0.295 e. The molecular formula is C10H15NO2. The molecule has 0 radical (unpaired) electrons. The van der Waals surface area contributed by atoms with Gasteiger partial charge in [0.15, 0.2) is 0 Å². The maximum Gasteiger partial charge on any atom is 0.295 e. The van der Waals surface area contributed by atoms with Gasteiger partial charge in [-0.25, -0.2) is 0 Å². The Labute approximate surface area is 78.5 Å². The van der Waals surface area contributed by atoms with E-state index in [2.05, 4.69) is 5.32 Å². The Morgan fingerprint density at radius 3 is 2.85 bits per heavy atom. The van der Waals surface area contributed by atoms with E-state index >= 15 is 0 Å². The Balaban J connectivity index is 2.27. The molecule has 3 nitrogen and oxygen atoms in total. The average Bonchev–Trinajstić information content (AvgIpc) is 2.16. The van der Waals surface area contributed by atoms with Gasteiger partial charge in [0.25, 0.3) is 5.91 Å². The highest BCUT2D eigenvalue weighted by Crippen LogP contribution is 2.23. The molecule has 0 spiro atoms. The Hall–Kier alpha value is -1.01. The lowest BCUT2D eigenvalue weighted by atomic mass is 9.86. The van der Waals surface area contributed by atoms with Gasteiger partial charge in [-0.1, -0.05) is 12.8 Å². The van der Waals surface area contributed by atoms with Crippen LogP contribution in [0.15, 0.2) is 0 Å². The van der Waals surface area contributed by atoms with Crippen LogP contribution in [0.3, 0.4) is 0 Å². The second kappa shape index (κ2) is 4.88. The monoisotopic (exact) mass is 181 g/mol. The standard InChI is InChI=1S/C10H15NO2/c1-2-10(13)11-7-8-5-3-4-6-9(8)12/h1,8-9,12H,3-7H2,(H,11,13). The van der Waals surface area contributed by atoms with Crippen molar-refractivity contribution in [2.75, 3.05) is 6.54 Å².